The minimum absolute atomic E-state index is 0.0759. The van der Waals surface area contributed by atoms with E-state index >= 15 is 0 Å². The molecule has 1 saturated heterocycles. The van der Waals surface area contributed by atoms with Crippen LogP contribution in [0.25, 0.3) is 5.57 Å². The molecule has 2 aromatic carbocycles. The Labute approximate surface area is 244 Å². The predicted molar refractivity (Wildman–Crippen MR) is 168 cm³/mol. The number of carbonyl (C=O) groups excluding carboxylic acids is 3. The number of amides is 3. The lowest BCUT2D eigenvalue weighted by molar-refractivity contribution is -0.121. The number of carbonyl (C=O) groups is 3. The van der Waals surface area contributed by atoms with E-state index in [1.54, 1.807) is 25.1 Å². The molecule has 0 unspecified atom stereocenters. The van der Waals surface area contributed by atoms with Crippen molar-refractivity contribution < 1.29 is 14.4 Å². The van der Waals surface area contributed by atoms with E-state index in [0.29, 0.717) is 5.69 Å². The molecule has 8 heteroatoms. The number of hydrogen-bond donors (Lipinski definition) is 3. The summed E-state index contributed by atoms with van der Waals surface area (Å²) >= 11 is 0. The summed E-state index contributed by atoms with van der Waals surface area (Å²) in [5.41, 5.74) is 12.1. The molecule has 0 aromatic heterocycles. The van der Waals surface area contributed by atoms with Gasteiger partial charge in [0.1, 0.15) is 0 Å². The molecule has 8 nitrogen and oxygen atoms in total. The van der Waals surface area contributed by atoms with Crippen LogP contribution in [0.3, 0.4) is 0 Å². The number of nitrogens with two attached hydrogens (primary N) is 1. The van der Waals surface area contributed by atoms with E-state index in [1.165, 1.54) is 12.5 Å². The predicted octanol–water partition coefficient (Wildman–Crippen LogP) is 5.14. The van der Waals surface area contributed by atoms with Gasteiger partial charge in [0.15, 0.2) is 0 Å². The summed E-state index contributed by atoms with van der Waals surface area (Å²) in [5, 5.41) is 5.72. The van der Waals surface area contributed by atoms with Gasteiger partial charge in [0.2, 0.25) is 17.7 Å². The molecule has 41 heavy (non-hydrogen) atoms. The van der Waals surface area contributed by atoms with Crippen molar-refractivity contribution in [3.05, 3.63) is 84.1 Å². The van der Waals surface area contributed by atoms with Crippen molar-refractivity contribution in [3.8, 4) is 0 Å². The highest BCUT2D eigenvalue weighted by atomic mass is 16.2. The Morgan fingerprint density at radius 3 is 2.29 bits per heavy atom. The Kier molecular flexibility index (Phi) is 11.5. The molecule has 2 heterocycles. The third-order valence-corrected chi connectivity index (χ3v) is 7.22. The maximum atomic E-state index is 12.0. The van der Waals surface area contributed by atoms with Crippen LogP contribution in [0, 0.1) is 5.92 Å². The van der Waals surface area contributed by atoms with E-state index in [1.807, 2.05) is 48.2 Å². The molecular formula is C33H43N5O3. The van der Waals surface area contributed by atoms with E-state index in [9.17, 15) is 14.4 Å². The molecule has 3 amide bonds. The number of hydrogen-bond acceptors (Lipinski definition) is 5. The fourth-order valence-corrected chi connectivity index (χ4v) is 5.09. The lowest BCUT2D eigenvalue weighted by Crippen LogP contribution is -2.35. The van der Waals surface area contributed by atoms with Crippen molar-refractivity contribution in [2.24, 2.45) is 5.92 Å². The van der Waals surface area contributed by atoms with Gasteiger partial charge in [-0.2, -0.15) is 0 Å². The number of piperidine rings is 1. The Balaban J connectivity index is 0.000000239. The molecule has 2 aliphatic heterocycles. The number of aryl methyl sites for hydroxylation is 1. The number of allylic oxidation sites excluding steroid dienone is 5. The molecule has 0 bridgehead atoms. The molecule has 0 radical (unpaired) electrons. The van der Waals surface area contributed by atoms with Gasteiger partial charge in [-0.1, -0.05) is 24.8 Å². The van der Waals surface area contributed by atoms with Crippen LogP contribution in [0.2, 0.25) is 0 Å². The number of nitrogens with one attached hydrogen (secondary N) is 2. The van der Waals surface area contributed by atoms with Crippen molar-refractivity contribution in [3.63, 3.8) is 0 Å². The molecule has 218 valence electrons. The molecule has 0 saturated carbocycles. The van der Waals surface area contributed by atoms with Crippen LogP contribution in [0.15, 0.2) is 73.0 Å². The molecule has 2 aromatic rings. The number of anilines is 3. The van der Waals surface area contributed by atoms with Gasteiger partial charge >= 0.3 is 0 Å². The molecule has 0 atom stereocenters. The van der Waals surface area contributed by atoms with Crippen LogP contribution in [0.1, 0.15) is 51.2 Å². The second kappa shape index (κ2) is 15.0. The first-order valence-corrected chi connectivity index (χ1v) is 14.1. The van der Waals surface area contributed by atoms with Crippen LogP contribution < -0.4 is 21.3 Å². The van der Waals surface area contributed by atoms with E-state index in [4.69, 9.17) is 5.73 Å². The van der Waals surface area contributed by atoms with Gasteiger partial charge in [0, 0.05) is 49.1 Å². The Morgan fingerprint density at radius 2 is 1.68 bits per heavy atom. The van der Waals surface area contributed by atoms with E-state index < -0.39 is 0 Å². The Morgan fingerprint density at radius 1 is 1.00 bits per heavy atom. The van der Waals surface area contributed by atoms with Gasteiger partial charge in [-0.3, -0.25) is 14.4 Å². The first-order valence-electron chi connectivity index (χ1n) is 14.1. The largest absolute Gasteiger partial charge is 0.399 e. The highest BCUT2D eigenvalue weighted by Gasteiger charge is 2.23. The molecule has 0 aliphatic carbocycles. The van der Waals surface area contributed by atoms with Crippen LogP contribution in [0.4, 0.5) is 17.1 Å². The molecule has 0 spiro atoms. The number of nitrogen functional groups attached to an aromatic ring is 1. The summed E-state index contributed by atoms with van der Waals surface area (Å²) in [4.78, 5) is 39.1. The molecule has 4 N–H and O–H groups in total. The first kappa shape index (κ1) is 31.4. The van der Waals surface area contributed by atoms with Gasteiger partial charge in [0.25, 0.3) is 0 Å². The first-order chi connectivity index (χ1) is 19.6. The second-order valence-corrected chi connectivity index (χ2v) is 10.7. The average Bonchev–Trinajstić information content (AvgIpc) is 2.93. The normalized spacial score (nSPS) is 16.1. The fraction of sp³-hybridized carbons (Fsp3) is 0.364. The zero-order chi connectivity index (χ0) is 29.9. The standard InChI is InChI=1S/C20H24N2O2.C13H19N3O/c1-5-7-17(12-14(2)21-15(3)23)18-9-10-20-19(13-18)8-6-11-22(20)16(4)24;1-16-8-6-10(7-9-16)13(17)15-12-4-2-11(14)3-5-12/h5,7,9-10,12-13H,1,6,8,11H2,2-4H3,(H,21,23);2-5,10H,6-9,14H2,1H3,(H,15,17)/b14-12+,17-7+;. The summed E-state index contributed by atoms with van der Waals surface area (Å²) in [5.74, 6) is 0.253. The number of benzene rings is 2. The van der Waals surface area contributed by atoms with Gasteiger partial charge in [-0.05, 0) is 112 Å². The summed E-state index contributed by atoms with van der Waals surface area (Å²) in [6.45, 7) is 11.5. The maximum absolute atomic E-state index is 12.0. The zero-order valence-electron chi connectivity index (χ0n) is 24.7. The smallest absolute Gasteiger partial charge is 0.227 e. The summed E-state index contributed by atoms with van der Waals surface area (Å²) in [6.07, 6.45) is 9.39. The van der Waals surface area contributed by atoms with Crippen molar-refractivity contribution in [1.82, 2.24) is 10.2 Å². The minimum atomic E-state index is -0.0933. The van der Waals surface area contributed by atoms with E-state index in [2.05, 4.69) is 35.2 Å². The SMILES string of the molecule is C=C/C=C(\C=C(/C)NC(C)=O)c1ccc2c(c1)CCCN2C(C)=O.CN1CCC(C(=O)Nc2ccc(N)cc2)CC1. The number of rotatable bonds is 6. The third-order valence-electron chi connectivity index (χ3n) is 7.22. The maximum Gasteiger partial charge on any atom is 0.227 e. The number of likely N-dealkylation sites (tertiary alicyclic amines) is 1. The summed E-state index contributed by atoms with van der Waals surface area (Å²) in [7, 11) is 2.09. The topological polar surface area (TPSA) is 108 Å². The van der Waals surface area contributed by atoms with Crippen molar-refractivity contribution >= 4 is 40.4 Å². The summed E-state index contributed by atoms with van der Waals surface area (Å²) in [6, 6.07) is 13.4. The number of nitrogens with zero attached hydrogens (tertiary/aromatic N) is 2. The number of fused-ring (bicyclic) bond motifs is 1. The highest BCUT2D eigenvalue weighted by Crippen LogP contribution is 2.31. The molecular weight excluding hydrogens is 514 g/mol. The van der Waals surface area contributed by atoms with Crippen molar-refractivity contribution in [2.45, 2.75) is 46.5 Å². The average molecular weight is 558 g/mol. The molecule has 2 aliphatic rings. The third kappa shape index (κ3) is 9.46. The van der Waals surface area contributed by atoms with E-state index in [-0.39, 0.29) is 23.6 Å². The quantitative estimate of drug-likeness (QED) is 0.337. The van der Waals surface area contributed by atoms with Crippen LogP contribution in [-0.4, -0.2) is 49.3 Å². The highest BCUT2D eigenvalue weighted by molar-refractivity contribution is 5.94. The van der Waals surface area contributed by atoms with Crippen LogP contribution >= 0.6 is 0 Å². The van der Waals surface area contributed by atoms with Gasteiger partial charge in [-0.15, -0.1) is 0 Å². The Bertz CT molecular complexity index is 1300. The van der Waals surface area contributed by atoms with Gasteiger partial charge in [0.05, 0.1) is 0 Å². The molecule has 1 fully saturated rings. The van der Waals surface area contributed by atoms with Crippen molar-refractivity contribution in [1.29, 1.82) is 0 Å². The van der Waals surface area contributed by atoms with E-state index in [0.717, 1.165) is 73.5 Å². The second-order valence-electron chi connectivity index (χ2n) is 10.7. The van der Waals surface area contributed by atoms with Crippen LogP contribution in [-0.2, 0) is 20.8 Å². The zero-order valence-corrected chi connectivity index (χ0v) is 24.7. The van der Waals surface area contributed by atoms with Gasteiger partial charge < -0.3 is 26.2 Å². The monoisotopic (exact) mass is 557 g/mol. The van der Waals surface area contributed by atoms with Crippen molar-refractivity contribution in [2.75, 3.05) is 42.6 Å². The minimum Gasteiger partial charge on any atom is -0.399 e. The lowest BCUT2D eigenvalue weighted by atomic mass is 9.95. The fourth-order valence-electron chi connectivity index (χ4n) is 5.09. The summed E-state index contributed by atoms with van der Waals surface area (Å²) < 4.78 is 0. The van der Waals surface area contributed by atoms with Crippen LogP contribution in [0.5, 0.6) is 0 Å². The molecule has 4 rings (SSSR count). The Hall–Kier alpha value is -4.17. The lowest BCUT2D eigenvalue weighted by Gasteiger charge is -2.29. The van der Waals surface area contributed by atoms with Gasteiger partial charge in [-0.25, -0.2) is 0 Å².